The third-order valence-corrected chi connectivity index (χ3v) is 6.19. The van der Waals surface area contributed by atoms with Gasteiger partial charge in [-0.05, 0) is 55.3 Å². The number of benzene rings is 2. The largest absolute Gasteiger partial charge is 0.477 e. The predicted octanol–water partition coefficient (Wildman–Crippen LogP) is 5.84. The van der Waals surface area contributed by atoms with Gasteiger partial charge in [-0.3, -0.25) is 0 Å². The van der Waals surface area contributed by atoms with Gasteiger partial charge in [-0.2, -0.15) is 5.26 Å². The van der Waals surface area contributed by atoms with Gasteiger partial charge < -0.3 is 9.67 Å². The molecule has 0 fully saturated rings. The molecule has 2 aromatic heterocycles. The average molecular weight is 386 g/mol. The van der Waals surface area contributed by atoms with Crippen LogP contribution in [0.5, 0.6) is 0 Å². The van der Waals surface area contributed by atoms with Crippen LogP contribution in [0.3, 0.4) is 0 Å². The molecule has 2 aromatic carbocycles. The van der Waals surface area contributed by atoms with Crippen LogP contribution in [0, 0.1) is 18.3 Å². The van der Waals surface area contributed by atoms with Crippen LogP contribution in [-0.2, 0) is 11.3 Å². The van der Waals surface area contributed by atoms with Crippen LogP contribution < -0.4 is 0 Å². The molecule has 0 aliphatic heterocycles. The van der Waals surface area contributed by atoms with Crippen LogP contribution in [0.25, 0.3) is 38.3 Å². The van der Waals surface area contributed by atoms with Crippen molar-refractivity contribution < 1.29 is 9.90 Å². The number of aliphatic carboxylic acids is 1. The molecule has 4 nitrogen and oxygen atoms in total. The number of fused-ring (bicyclic) bond motifs is 3. The zero-order chi connectivity index (χ0) is 19.8. The van der Waals surface area contributed by atoms with Gasteiger partial charge in [0.1, 0.15) is 11.6 Å². The van der Waals surface area contributed by atoms with E-state index in [9.17, 15) is 4.79 Å². The second-order valence-electron chi connectivity index (χ2n) is 6.63. The van der Waals surface area contributed by atoms with Gasteiger partial charge in [-0.25, -0.2) is 4.79 Å². The van der Waals surface area contributed by atoms with Crippen molar-refractivity contribution in [3.8, 4) is 16.5 Å². The highest BCUT2D eigenvalue weighted by atomic mass is 32.1. The molecule has 138 valence electrons. The van der Waals surface area contributed by atoms with E-state index in [1.54, 1.807) is 6.07 Å². The lowest BCUT2D eigenvalue weighted by Gasteiger charge is -2.03. The number of nitriles is 1. The molecule has 0 atom stereocenters. The number of nitrogens with zero attached hydrogens (tertiary/aromatic N) is 2. The van der Waals surface area contributed by atoms with Crippen molar-refractivity contribution >= 4 is 45.2 Å². The summed E-state index contributed by atoms with van der Waals surface area (Å²) in [5.74, 6) is -1.20. The van der Waals surface area contributed by atoms with E-state index in [4.69, 9.17) is 10.4 Å². The minimum atomic E-state index is -1.20. The summed E-state index contributed by atoms with van der Waals surface area (Å²) < 4.78 is 2.31. The summed E-state index contributed by atoms with van der Waals surface area (Å²) in [5.41, 5.74) is 4.23. The number of hydrogen-bond acceptors (Lipinski definition) is 3. The van der Waals surface area contributed by atoms with Crippen molar-refractivity contribution in [1.29, 1.82) is 5.26 Å². The number of aryl methyl sites for hydroxylation is 2. The molecule has 0 saturated heterocycles. The van der Waals surface area contributed by atoms with Gasteiger partial charge in [-0.1, -0.05) is 24.3 Å². The molecule has 0 saturated carbocycles. The average Bonchev–Trinajstić information content (AvgIpc) is 3.22. The van der Waals surface area contributed by atoms with E-state index in [-0.39, 0.29) is 5.57 Å². The van der Waals surface area contributed by atoms with Gasteiger partial charge >= 0.3 is 5.97 Å². The van der Waals surface area contributed by atoms with Gasteiger partial charge in [0, 0.05) is 38.1 Å². The molecule has 0 radical (unpaired) electrons. The highest BCUT2D eigenvalue weighted by Crippen LogP contribution is 2.37. The van der Waals surface area contributed by atoms with Crippen LogP contribution in [0.2, 0.25) is 0 Å². The molecule has 28 heavy (non-hydrogen) atoms. The smallest absolute Gasteiger partial charge is 0.346 e. The molecule has 4 aromatic rings. The summed E-state index contributed by atoms with van der Waals surface area (Å²) in [6, 6.07) is 18.7. The molecule has 0 aliphatic carbocycles. The number of hydrogen-bond donors (Lipinski definition) is 1. The van der Waals surface area contributed by atoms with Gasteiger partial charge in [0.15, 0.2) is 0 Å². The van der Waals surface area contributed by atoms with Crippen molar-refractivity contribution in [3.63, 3.8) is 0 Å². The van der Waals surface area contributed by atoms with Crippen LogP contribution in [0.4, 0.5) is 0 Å². The lowest BCUT2D eigenvalue weighted by molar-refractivity contribution is -0.132. The summed E-state index contributed by atoms with van der Waals surface area (Å²) in [4.78, 5) is 13.0. The number of carbonyl (C=O) groups is 1. The van der Waals surface area contributed by atoms with Crippen LogP contribution in [0.15, 0.2) is 54.1 Å². The molecule has 0 amide bonds. The van der Waals surface area contributed by atoms with Crippen molar-refractivity contribution in [1.82, 2.24) is 4.57 Å². The van der Waals surface area contributed by atoms with E-state index in [0.717, 1.165) is 27.4 Å². The quantitative estimate of drug-likeness (QED) is 0.354. The maximum absolute atomic E-state index is 11.1. The Bertz CT molecular complexity index is 1300. The van der Waals surface area contributed by atoms with Gasteiger partial charge in [0.2, 0.25) is 0 Å². The lowest BCUT2D eigenvalue weighted by Crippen LogP contribution is -1.96. The lowest BCUT2D eigenvalue weighted by atomic mass is 10.1. The summed E-state index contributed by atoms with van der Waals surface area (Å²) in [7, 11) is 0. The van der Waals surface area contributed by atoms with Crippen molar-refractivity contribution in [2.45, 2.75) is 20.4 Å². The summed E-state index contributed by atoms with van der Waals surface area (Å²) >= 11 is 1.50. The van der Waals surface area contributed by atoms with Crippen molar-refractivity contribution in [2.24, 2.45) is 0 Å². The van der Waals surface area contributed by atoms with Crippen LogP contribution in [-0.4, -0.2) is 15.6 Å². The molecular weight excluding hydrogens is 368 g/mol. The first kappa shape index (κ1) is 18.0. The van der Waals surface area contributed by atoms with Gasteiger partial charge in [0.05, 0.1) is 0 Å². The molecule has 5 heteroatoms. The molecule has 0 spiro atoms. The van der Waals surface area contributed by atoms with Crippen molar-refractivity contribution in [3.05, 3.63) is 64.5 Å². The maximum Gasteiger partial charge on any atom is 0.346 e. The Balaban J connectivity index is 1.87. The number of aromatic nitrogens is 1. The van der Waals surface area contributed by atoms with E-state index in [1.807, 2.05) is 13.0 Å². The van der Waals surface area contributed by atoms with Crippen molar-refractivity contribution in [2.75, 3.05) is 0 Å². The molecule has 0 unspecified atom stereocenters. The third kappa shape index (κ3) is 2.88. The highest BCUT2D eigenvalue weighted by Gasteiger charge is 2.13. The molecule has 4 rings (SSSR count). The fourth-order valence-corrected chi connectivity index (χ4v) is 4.72. The zero-order valence-corrected chi connectivity index (χ0v) is 16.4. The number of thiophene rings is 1. The molecule has 2 heterocycles. The standard InChI is InChI=1S/C23H18N2O2S/c1-3-25-19-7-5-4-6-17(19)18-11-15(8-9-20(18)25)22-10-14(2)21(28-22)12-16(13-24)23(26)27/h4-12H,3H2,1-2H3,(H,26,27)/b16-12+. The highest BCUT2D eigenvalue weighted by molar-refractivity contribution is 7.16. The second-order valence-corrected chi connectivity index (χ2v) is 7.71. The van der Waals surface area contributed by atoms with E-state index >= 15 is 0 Å². The fourth-order valence-electron chi connectivity index (χ4n) is 3.60. The van der Waals surface area contributed by atoms with E-state index in [1.165, 1.54) is 39.2 Å². The Morgan fingerprint density at radius 1 is 1.18 bits per heavy atom. The topological polar surface area (TPSA) is 66.0 Å². The Hall–Kier alpha value is -3.36. The van der Waals surface area contributed by atoms with Gasteiger partial charge in [0.25, 0.3) is 0 Å². The zero-order valence-electron chi connectivity index (χ0n) is 15.6. The summed E-state index contributed by atoms with van der Waals surface area (Å²) in [6.45, 7) is 4.99. The molecule has 1 N–H and O–H groups in total. The van der Waals surface area contributed by atoms with Gasteiger partial charge in [-0.15, -0.1) is 11.3 Å². The van der Waals surface area contributed by atoms with Crippen LogP contribution >= 0.6 is 11.3 Å². The predicted molar refractivity (Wildman–Crippen MR) is 114 cm³/mol. The summed E-state index contributed by atoms with van der Waals surface area (Å²) in [6.07, 6.45) is 1.45. The number of para-hydroxylation sites is 1. The first-order valence-electron chi connectivity index (χ1n) is 9.00. The first-order valence-corrected chi connectivity index (χ1v) is 9.82. The van der Waals surface area contributed by atoms with Crippen LogP contribution in [0.1, 0.15) is 17.4 Å². The Morgan fingerprint density at radius 3 is 2.64 bits per heavy atom. The number of rotatable bonds is 4. The molecule has 0 aliphatic rings. The minimum Gasteiger partial charge on any atom is -0.477 e. The molecule has 0 bridgehead atoms. The summed E-state index contributed by atoms with van der Waals surface area (Å²) in [5, 5.41) is 20.6. The second kappa shape index (κ2) is 6.99. The van der Waals surface area contributed by atoms with E-state index < -0.39 is 5.97 Å². The normalized spacial score (nSPS) is 11.8. The Morgan fingerprint density at radius 2 is 1.93 bits per heavy atom. The Labute approximate surface area is 166 Å². The molecular formula is C23H18N2O2S. The SMILES string of the molecule is CCn1c2ccccc2c2cc(-c3cc(C)c(/C=C(\C#N)C(=O)O)s3)ccc21. The van der Waals surface area contributed by atoms with E-state index in [2.05, 4.69) is 54.0 Å². The van der Waals surface area contributed by atoms with E-state index in [0.29, 0.717) is 0 Å². The monoisotopic (exact) mass is 386 g/mol. The maximum atomic E-state index is 11.1. The fraction of sp³-hybridized carbons (Fsp3) is 0.130. The number of carboxylic acids is 1. The number of carboxylic acid groups (broad SMARTS) is 1. The Kier molecular flexibility index (Phi) is 4.50. The third-order valence-electron chi connectivity index (χ3n) is 4.96. The minimum absolute atomic E-state index is 0.252. The first-order chi connectivity index (χ1) is 13.5.